The summed E-state index contributed by atoms with van der Waals surface area (Å²) in [7, 11) is 0. The average Bonchev–Trinajstić information content (AvgIpc) is 2.79. The van der Waals surface area contributed by atoms with Crippen molar-refractivity contribution < 1.29 is 4.79 Å². The number of aromatic nitrogens is 1. The van der Waals surface area contributed by atoms with Crippen LogP contribution in [0.3, 0.4) is 0 Å². The smallest absolute Gasteiger partial charge is 0.230 e. The van der Waals surface area contributed by atoms with E-state index in [9.17, 15) is 4.79 Å². The van der Waals surface area contributed by atoms with Crippen molar-refractivity contribution in [1.29, 1.82) is 0 Å². The number of thioether (sulfide) groups is 1. The molecule has 1 aliphatic rings. The van der Waals surface area contributed by atoms with Gasteiger partial charge in [0.05, 0.1) is 5.75 Å². The first-order chi connectivity index (χ1) is 10.3. The minimum atomic E-state index is 0.0967. The van der Waals surface area contributed by atoms with Crippen molar-refractivity contribution in [2.24, 2.45) is 0 Å². The third-order valence-corrected chi connectivity index (χ3v) is 4.77. The third kappa shape index (κ3) is 6.96. The Labute approximate surface area is 131 Å². The van der Waals surface area contributed by atoms with Gasteiger partial charge < -0.3 is 10.6 Å². The van der Waals surface area contributed by atoms with Crippen LogP contribution in [0.4, 0.5) is 0 Å². The monoisotopic (exact) mass is 307 g/mol. The van der Waals surface area contributed by atoms with Gasteiger partial charge in [-0.1, -0.05) is 25.7 Å². The van der Waals surface area contributed by atoms with Crippen molar-refractivity contribution in [3.8, 4) is 0 Å². The van der Waals surface area contributed by atoms with Crippen LogP contribution < -0.4 is 10.6 Å². The Morgan fingerprint density at radius 2 is 1.86 bits per heavy atom. The first-order valence-corrected chi connectivity index (χ1v) is 8.86. The molecular weight excluding hydrogens is 282 g/mol. The molecule has 116 valence electrons. The summed E-state index contributed by atoms with van der Waals surface area (Å²) in [6.45, 7) is 1.59. The molecule has 0 saturated heterocycles. The van der Waals surface area contributed by atoms with Gasteiger partial charge in [0.1, 0.15) is 0 Å². The number of carbonyl (C=O) groups is 1. The number of carbonyl (C=O) groups excluding carboxylic acids is 1. The van der Waals surface area contributed by atoms with Crippen LogP contribution in [0.2, 0.25) is 0 Å². The van der Waals surface area contributed by atoms with E-state index >= 15 is 0 Å². The summed E-state index contributed by atoms with van der Waals surface area (Å²) in [5, 5.41) is 6.53. The third-order valence-electron chi connectivity index (χ3n) is 3.76. The molecule has 1 saturated carbocycles. The van der Waals surface area contributed by atoms with Gasteiger partial charge in [0.25, 0.3) is 0 Å². The highest BCUT2D eigenvalue weighted by molar-refractivity contribution is 8.00. The highest BCUT2D eigenvalue weighted by Gasteiger charge is 2.11. The molecular formula is C16H25N3OS. The zero-order valence-electron chi connectivity index (χ0n) is 12.5. The van der Waals surface area contributed by atoms with Crippen LogP contribution in [0.25, 0.3) is 0 Å². The number of nitrogens with zero attached hydrogens (tertiary/aromatic N) is 1. The number of rotatable bonds is 7. The highest BCUT2D eigenvalue weighted by Crippen LogP contribution is 2.17. The van der Waals surface area contributed by atoms with E-state index in [4.69, 9.17) is 0 Å². The van der Waals surface area contributed by atoms with Gasteiger partial charge in [0.2, 0.25) is 5.91 Å². The van der Waals surface area contributed by atoms with Gasteiger partial charge in [0, 0.05) is 36.4 Å². The Kier molecular flexibility index (Phi) is 7.60. The second kappa shape index (κ2) is 9.79. The Morgan fingerprint density at radius 3 is 2.57 bits per heavy atom. The maximum Gasteiger partial charge on any atom is 0.230 e. The number of hydrogen-bond donors (Lipinski definition) is 2. The molecule has 1 heterocycles. The molecule has 0 aliphatic heterocycles. The first-order valence-electron chi connectivity index (χ1n) is 7.87. The van der Waals surface area contributed by atoms with Crippen LogP contribution in [0, 0.1) is 0 Å². The largest absolute Gasteiger partial charge is 0.354 e. The molecule has 2 rings (SSSR count). The van der Waals surface area contributed by atoms with E-state index in [0.29, 0.717) is 18.3 Å². The van der Waals surface area contributed by atoms with Crippen molar-refractivity contribution >= 4 is 17.7 Å². The average molecular weight is 307 g/mol. The maximum absolute atomic E-state index is 11.7. The molecule has 1 aromatic heterocycles. The molecule has 0 bridgehead atoms. The summed E-state index contributed by atoms with van der Waals surface area (Å²) in [6, 6.07) is 4.49. The predicted octanol–water partition coefficient (Wildman–Crippen LogP) is 2.60. The van der Waals surface area contributed by atoms with Crippen LogP contribution in [-0.2, 0) is 4.79 Å². The molecule has 4 nitrogen and oxygen atoms in total. The molecule has 1 fully saturated rings. The summed E-state index contributed by atoms with van der Waals surface area (Å²) in [4.78, 5) is 16.8. The van der Waals surface area contributed by atoms with Gasteiger partial charge in [-0.2, -0.15) is 0 Å². The zero-order chi connectivity index (χ0) is 14.8. The summed E-state index contributed by atoms with van der Waals surface area (Å²) >= 11 is 1.54. The van der Waals surface area contributed by atoms with Crippen molar-refractivity contribution in [3.63, 3.8) is 0 Å². The topological polar surface area (TPSA) is 54.0 Å². The lowest BCUT2D eigenvalue weighted by atomic mass is 10.1. The van der Waals surface area contributed by atoms with Crippen LogP contribution in [-0.4, -0.2) is 35.8 Å². The van der Waals surface area contributed by atoms with E-state index in [2.05, 4.69) is 15.6 Å². The maximum atomic E-state index is 11.7. The predicted molar refractivity (Wildman–Crippen MR) is 87.5 cm³/mol. The molecule has 1 aromatic rings. The van der Waals surface area contributed by atoms with Gasteiger partial charge in [0.15, 0.2) is 0 Å². The fraction of sp³-hybridized carbons (Fsp3) is 0.625. The Hall–Kier alpha value is -1.07. The zero-order valence-corrected chi connectivity index (χ0v) is 13.3. The van der Waals surface area contributed by atoms with Gasteiger partial charge in [-0.3, -0.25) is 9.78 Å². The molecule has 0 spiro atoms. The van der Waals surface area contributed by atoms with E-state index in [1.54, 1.807) is 24.2 Å². The van der Waals surface area contributed by atoms with E-state index < -0.39 is 0 Å². The first kappa shape index (κ1) is 16.3. The standard InChI is InChI=1S/C16H25N3OS/c20-16(13-21-15-7-9-17-10-8-15)19-12-11-18-14-5-3-1-2-4-6-14/h7-10,14,18H,1-6,11-13H2,(H,19,20). The lowest BCUT2D eigenvalue weighted by Gasteiger charge is -2.16. The van der Waals surface area contributed by atoms with E-state index in [-0.39, 0.29) is 5.91 Å². The molecule has 0 radical (unpaired) electrons. The Bertz CT molecular complexity index is 405. The number of hydrogen-bond acceptors (Lipinski definition) is 4. The van der Waals surface area contributed by atoms with Crippen molar-refractivity contribution in [2.45, 2.75) is 49.5 Å². The summed E-state index contributed by atoms with van der Waals surface area (Å²) in [5.74, 6) is 0.562. The van der Waals surface area contributed by atoms with Gasteiger partial charge in [-0.05, 0) is 25.0 Å². The quantitative estimate of drug-likeness (QED) is 0.462. The van der Waals surface area contributed by atoms with Crippen LogP contribution >= 0.6 is 11.8 Å². The molecule has 0 atom stereocenters. The molecule has 1 amide bonds. The number of pyridine rings is 1. The molecule has 0 unspecified atom stereocenters. The van der Waals surface area contributed by atoms with Crippen molar-refractivity contribution in [1.82, 2.24) is 15.6 Å². The molecule has 5 heteroatoms. The SMILES string of the molecule is O=C(CSc1ccncc1)NCCNC1CCCCCC1. The van der Waals surface area contributed by atoms with E-state index in [1.807, 2.05) is 12.1 Å². The van der Waals surface area contributed by atoms with Gasteiger partial charge >= 0.3 is 0 Å². The lowest BCUT2D eigenvalue weighted by molar-refractivity contribution is -0.118. The molecule has 0 aromatic carbocycles. The van der Waals surface area contributed by atoms with Gasteiger partial charge in [-0.25, -0.2) is 0 Å². The number of nitrogens with one attached hydrogen (secondary N) is 2. The lowest BCUT2D eigenvalue weighted by Crippen LogP contribution is -2.37. The summed E-state index contributed by atoms with van der Waals surface area (Å²) in [5.41, 5.74) is 0. The fourth-order valence-corrected chi connectivity index (χ4v) is 3.31. The van der Waals surface area contributed by atoms with Crippen LogP contribution in [0.15, 0.2) is 29.4 Å². The number of amides is 1. The van der Waals surface area contributed by atoms with Gasteiger partial charge in [-0.15, -0.1) is 11.8 Å². The Balaban J connectivity index is 1.52. The minimum absolute atomic E-state index is 0.0967. The summed E-state index contributed by atoms with van der Waals surface area (Å²) < 4.78 is 0. The highest BCUT2D eigenvalue weighted by atomic mass is 32.2. The molecule has 1 aliphatic carbocycles. The van der Waals surface area contributed by atoms with E-state index in [0.717, 1.165) is 11.4 Å². The molecule has 21 heavy (non-hydrogen) atoms. The normalized spacial score (nSPS) is 16.4. The minimum Gasteiger partial charge on any atom is -0.354 e. The summed E-state index contributed by atoms with van der Waals surface area (Å²) in [6.07, 6.45) is 11.5. The van der Waals surface area contributed by atoms with Crippen LogP contribution in [0.5, 0.6) is 0 Å². The second-order valence-corrected chi connectivity index (χ2v) is 6.51. The van der Waals surface area contributed by atoms with Crippen LogP contribution in [0.1, 0.15) is 38.5 Å². The molecule has 2 N–H and O–H groups in total. The fourth-order valence-electron chi connectivity index (χ4n) is 2.60. The Morgan fingerprint density at radius 1 is 1.14 bits per heavy atom. The van der Waals surface area contributed by atoms with Crippen molar-refractivity contribution in [2.75, 3.05) is 18.8 Å². The van der Waals surface area contributed by atoms with E-state index in [1.165, 1.54) is 38.5 Å². The second-order valence-electron chi connectivity index (χ2n) is 5.46. The van der Waals surface area contributed by atoms with Crippen molar-refractivity contribution in [3.05, 3.63) is 24.5 Å².